The first-order valence-electron chi connectivity index (χ1n) is 9.72. The normalized spacial score (nSPS) is 11.3. The van der Waals surface area contributed by atoms with Gasteiger partial charge < -0.3 is 9.47 Å². The van der Waals surface area contributed by atoms with Gasteiger partial charge in [-0.15, -0.1) is 0 Å². The van der Waals surface area contributed by atoms with Gasteiger partial charge in [-0.25, -0.2) is 0 Å². The van der Waals surface area contributed by atoms with Gasteiger partial charge in [0.1, 0.15) is 6.61 Å². The number of hydrogen-bond acceptors (Lipinski definition) is 5. The second-order valence-electron chi connectivity index (χ2n) is 6.64. The van der Waals surface area contributed by atoms with Crippen LogP contribution in [0.3, 0.4) is 0 Å². The van der Waals surface area contributed by atoms with Gasteiger partial charge in [0.25, 0.3) is 0 Å². The van der Waals surface area contributed by atoms with Crippen molar-refractivity contribution in [2.24, 2.45) is 5.10 Å². The molecule has 29 heavy (non-hydrogen) atoms. The van der Waals surface area contributed by atoms with Crippen LogP contribution < -0.4 is 9.47 Å². The lowest BCUT2D eigenvalue weighted by Gasteiger charge is -2.12. The monoisotopic (exact) mass is 410 g/mol. The van der Waals surface area contributed by atoms with Crippen molar-refractivity contribution in [2.45, 2.75) is 39.2 Å². The molecule has 2 aromatic carbocycles. The van der Waals surface area contributed by atoms with Gasteiger partial charge in [-0.2, -0.15) is 14.9 Å². The van der Waals surface area contributed by atoms with Gasteiger partial charge in [0.15, 0.2) is 17.3 Å². The third kappa shape index (κ3) is 5.12. The fourth-order valence-electron chi connectivity index (χ4n) is 3.08. The van der Waals surface area contributed by atoms with Crippen LogP contribution in [0.2, 0.25) is 0 Å². The van der Waals surface area contributed by atoms with Crippen molar-refractivity contribution in [2.75, 3.05) is 7.11 Å². The SMILES string of the molecule is CCC(CC)c1n[nH]c(=S)n1/N=C\c1ccc(OCc2ccccc2)c(OC)c1. The number of H-pyrrole nitrogens is 1. The molecule has 0 spiro atoms. The van der Waals surface area contributed by atoms with E-state index in [-0.39, 0.29) is 0 Å². The Kier molecular flexibility index (Phi) is 7.19. The highest BCUT2D eigenvalue weighted by molar-refractivity contribution is 7.71. The maximum absolute atomic E-state index is 5.91. The lowest BCUT2D eigenvalue weighted by Crippen LogP contribution is -2.05. The summed E-state index contributed by atoms with van der Waals surface area (Å²) in [6.07, 6.45) is 3.71. The summed E-state index contributed by atoms with van der Waals surface area (Å²) in [6, 6.07) is 15.7. The molecular formula is C22H26N4O2S. The van der Waals surface area contributed by atoms with E-state index in [4.69, 9.17) is 21.7 Å². The third-order valence-electron chi connectivity index (χ3n) is 4.77. The highest BCUT2D eigenvalue weighted by Gasteiger charge is 2.15. The Balaban J connectivity index is 1.79. The number of nitrogens with zero attached hydrogens (tertiary/aromatic N) is 3. The average molecular weight is 411 g/mol. The van der Waals surface area contributed by atoms with Crippen LogP contribution in [0.4, 0.5) is 0 Å². The summed E-state index contributed by atoms with van der Waals surface area (Å²) in [5, 5.41) is 11.8. The van der Waals surface area contributed by atoms with Crippen molar-refractivity contribution in [1.82, 2.24) is 14.9 Å². The number of hydrogen-bond donors (Lipinski definition) is 1. The van der Waals surface area contributed by atoms with Crippen LogP contribution in [-0.2, 0) is 6.61 Å². The van der Waals surface area contributed by atoms with Crippen molar-refractivity contribution in [3.63, 3.8) is 0 Å². The zero-order chi connectivity index (χ0) is 20.6. The molecular weight excluding hydrogens is 384 g/mol. The van der Waals surface area contributed by atoms with Crippen LogP contribution in [0, 0.1) is 4.77 Å². The summed E-state index contributed by atoms with van der Waals surface area (Å²) in [4.78, 5) is 0. The van der Waals surface area contributed by atoms with E-state index >= 15 is 0 Å². The van der Waals surface area contributed by atoms with Crippen LogP contribution in [-0.4, -0.2) is 28.2 Å². The molecule has 0 unspecified atom stereocenters. The first kappa shape index (κ1) is 20.8. The second kappa shape index (κ2) is 10.0. The van der Waals surface area contributed by atoms with Crippen LogP contribution in [0.25, 0.3) is 0 Å². The first-order chi connectivity index (χ1) is 14.2. The Morgan fingerprint density at radius 1 is 1.14 bits per heavy atom. The minimum absolute atomic E-state index is 0.309. The van der Waals surface area contributed by atoms with E-state index < -0.39 is 0 Å². The Morgan fingerprint density at radius 2 is 1.90 bits per heavy atom. The lowest BCUT2D eigenvalue weighted by molar-refractivity contribution is 0.284. The smallest absolute Gasteiger partial charge is 0.216 e. The Morgan fingerprint density at radius 3 is 2.59 bits per heavy atom. The van der Waals surface area contributed by atoms with Crippen molar-refractivity contribution < 1.29 is 9.47 Å². The largest absolute Gasteiger partial charge is 0.493 e. The van der Waals surface area contributed by atoms with Crippen LogP contribution in [0.1, 0.15) is 49.6 Å². The predicted molar refractivity (Wildman–Crippen MR) is 117 cm³/mol. The summed E-state index contributed by atoms with van der Waals surface area (Å²) in [5.74, 6) is 2.50. The van der Waals surface area contributed by atoms with Crippen LogP contribution in [0.15, 0.2) is 53.6 Å². The van der Waals surface area contributed by atoms with E-state index in [1.165, 1.54) is 0 Å². The Hall–Kier alpha value is -2.93. The minimum atomic E-state index is 0.309. The van der Waals surface area contributed by atoms with Crippen molar-refractivity contribution in [3.05, 3.63) is 70.3 Å². The van der Waals surface area contributed by atoms with Gasteiger partial charge >= 0.3 is 0 Å². The fraction of sp³-hybridized carbons (Fsp3) is 0.318. The van der Waals surface area contributed by atoms with E-state index in [1.54, 1.807) is 18.0 Å². The molecule has 152 valence electrons. The molecule has 1 heterocycles. The summed E-state index contributed by atoms with van der Waals surface area (Å²) in [7, 11) is 1.63. The van der Waals surface area contributed by atoms with Gasteiger partial charge in [0.2, 0.25) is 4.77 Å². The molecule has 3 aromatic rings. The van der Waals surface area contributed by atoms with E-state index in [0.29, 0.717) is 28.8 Å². The molecule has 3 rings (SSSR count). The number of aromatic amines is 1. The van der Waals surface area contributed by atoms with Crippen molar-refractivity contribution >= 4 is 18.4 Å². The maximum atomic E-state index is 5.91. The molecule has 0 radical (unpaired) electrons. The first-order valence-corrected chi connectivity index (χ1v) is 10.1. The molecule has 1 aromatic heterocycles. The van der Waals surface area contributed by atoms with Crippen LogP contribution in [0.5, 0.6) is 11.5 Å². The van der Waals surface area contributed by atoms with E-state index in [9.17, 15) is 0 Å². The van der Waals surface area contributed by atoms with Gasteiger partial charge in [-0.05, 0) is 54.4 Å². The number of nitrogens with one attached hydrogen (secondary N) is 1. The molecule has 7 heteroatoms. The molecule has 0 aliphatic heterocycles. The van der Waals surface area contributed by atoms with Gasteiger partial charge in [0, 0.05) is 5.92 Å². The molecule has 0 saturated carbocycles. The van der Waals surface area contributed by atoms with Gasteiger partial charge in [-0.3, -0.25) is 5.10 Å². The summed E-state index contributed by atoms with van der Waals surface area (Å²) in [5.41, 5.74) is 1.98. The van der Waals surface area contributed by atoms with Crippen LogP contribution >= 0.6 is 12.2 Å². The molecule has 0 aliphatic carbocycles. The molecule has 0 bridgehead atoms. The fourth-order valence-corrected chi connectivity index (χ4v) is 3.26. The number of ether oxygens (including phenoxy) is 2. The summed E-state index contributed by atoms with van der Waals surface area (Å²) >= 11 is 5.34. The number of rotatable bonds is 9. The minimum Gasteiger partial charge on any atom is -0.493 e. The summed E-state index contributed by atoms with van der Waals surface area (Å²) < 4.78 is 13.6. The third-order valence-corrected chi connectivity index (χ3v) is 5.04. The Labute approximate surface area is 176 Å². The molecule has 1 N–H and O–H groups in total. The van der Waals surface area contributed by atoms with E-state index in [2.05, 4.69) is 29.1 Å². The maximum Gasteiger partial charge on any atom is 0.216 e. The lowest BCUT2D eigenvalue weighted by atomic mass is 10.0. The average Bonchev–Trinajstić information content (AvgIpc) is 3.13. The molecule has 0 atom stereocenters. The summed E-state index contributed by atoms with van der Waals surface area (Å²) in [6.45, 7) is 4.76. The molecule has 6 nitrogen and oxygen atoms in total. The highest BCUT2D eigenvalue weighted by Crippen LogP contribution is 2.28. The standard InChI is InChI=1S/C22H26N4O2S/c1-4-18(5-2)21-24-25-22(29)26(21)23-14-17-11-12-19(20(13-17)27-3)28-15-16-9-7-6-8-10-16/h6-14,18H,4-5,15H2,1-3H3,(H,25,29)/b23-14-. The number of benzene rings is 2. The predicted octanol–water partition coefficient (Wildman–Crippen LogP) is 5.31. The van der Waals surface area contributed by atoms with Crippen molar-refractivity contribution in [3.8, 4) is 11.5 Å². The highest BCUT2D eigenvalue weighted by atomic mass is 32.1. The van der Waals surface area contributed by atoms with Crippen molar-refractivity contribution in [1.29, 1.82) is 0 Å². The zero-order valence-electron chi connectivity index (χ0n) is 17.0. The molecule has 0 fully saturated rings. The Bertz CT molecular complexity index is 1010. The second-order valence-corrected chi connectivity index (χ2v) is 7.03. The van der Waals surface area contributed by atoms with Gasteiger partial charge in [0.05, 0.1) is 13.3 Å². The number of aromatic nitrogens is 3. The zero-order valence-corrected chi connectivity index (χ0v) is 17.8. The topological polar surface area (TPSA) is 64.4 Å². The molecule has 0 aliphatic rings. The van der Waals surface area contributed by atoms with Gasteiger partial charge in [-0.1, -0.05) is 44.2 Å². The number of methoxy groups -OCH3 is 1. The quantitative estimate of drug-likeness (QED) is 0.383. The molecule has 0 saturated heterocycles. The van der Waals surface area contributed by atoms with E-state index in [1.807, 2.05) is 48.5 Å². The van der Waals surface area contributed by atoms with E-state index in [0.717, 1.165) is 29.8 Å². The molecule has 0 amide bonds.